The van der Waals surface area contributed by atoms with E-state index in [-0.39, 0.29) is 24.0 Å². The number of piperazine rings is 1. The zero-order valence-corrected chi connectivity index (χ0v) is 17.8. The first-order chi connectivity index (χ1) is 10.7. The lowest BCUT2D eigenvalue weighted by Crippen LogP contribution is -2.53. The molecule has 23 heavy (non-hydrogen) atoms. The van der Waals surface area contributed by atoms with Gasteiger partial charge in [-0.05, 0) is 37.5 Å². The van der Waals surface area contributed by atoms with Gasteiger partial charge in [-0.3, -0.25) is 9.89 Å². The highest BCUT2D eigenvalue weighted by atomic mass is 127. The molecule has 0 bridgehead atoms. The number of halogens is 2. The van der Waals surface area contributed by atoms with Crippen LogP contribution in [0.5, 0.6) is 0 Å². The van der Waals surface area contributed by atoms with Crippen LogP contribution in [0.2, 0.25) is 0 Å². The maximum absolute atomic E-state index is 4.44. The van der Waals surface area contributed by atoms with Gasteiger partial charge in [-0.1, -0.05) is 28.1 Å². The van der Waals surface area contributed by atoms with E-state index in [1.165, 1.54) is 18.4 Å². The van der Waals surface area contributed by atoms with Gasteiger partial charge >= 0.3 is 0 Å². The van der Waals surface area contributed by atoms with Crippen LogP contribution in [0.15, 0.2) is 33.7 Å². The Morgan fingerprint density at radius 1 is 1.17 bits per heavy atom. The summed E-state index contributed by atoms with van der Waals surface area (Å²) in [6, 6.07) is 9.82. The molecule has 2 fully saturated rings. The zero-order chi connectivity index (χ0) is 15.5. The fourth-order valence-corrected chi connectivity index (χ4v) is 3.24. The molecule has 0 spiro atoms. The first-order valence-corrected chi connectivity index (χ1v) is 8.94. The molecular formula is C17H26BrIN4. The molecule has 3 rings (SSSR count). The SMILES string of the molecule is CN=C(NC1CC1)N1CCN(C(C)c2ccc(Br)cc2)CC1.I. The third kappa shape index (κ3) is 5.06. The van der Waals surface area contributed by atoms with Gasteiger partial charge in [0.05, 0.1) is 0 Å². The van der Waals surface area contributed by atoms with Crippen LogP contribution >= 0.6 is 39.9 Å². The molecule has 1 aromatic carbocycles. The van der Waals surface area contributed by atoms with Gasteiger partial charge in [-0.2, -0.15) is 0 Å². The van der Waals surface area contributed by atoms with E-state index in [0.29, 0.717) is 12.1 Å². The number of rotatable bonds is 3. The average molecular weight is 493 g/mol. The van der Waals surface area contributed by atoms with Crippen molar-refractivity contribution in [1.29, 1.82) is 0 Å². The summed E-state index contributed by atoms with van der Waals surface area (Å²) in [5, 5.41) is 3.54. The minimum absolute atomic E-state index is 0. The molecule has 0 aromatic heterocycles. The Morgan fingerprint density at radius 3 is 2.30 bits per heavy atom. The molecule has 1 N–H and O–H groups in total. The van der Waals surface area contributed by atoms with Crippen LogP contribution in [0, 0.1) is 0 Å². The van der Waals surface area contributed by atoms with Gasteiger partial charge in [0, 0.05) is 49.8 Å². The van der Waals surface area contributed by atoms with Gasteiger partial charge in [-0.15, -0.1) is 24.0 Å². The van der Waals surface area contributed by atoms with Gasteiger partial charge in [0.25, 0.3) is 0 Å². The van der Waals surface area contributed by atoms with Gasteiger partial charge < -0.3 is 10.2 Å². The second-order valence-electron chi connectivity index (χ2n) is 6.22. The smallest absolute Gasteiger partial charge is 0.193 e. The Bertz CT molecular complexity index is 522. The second-order valence-corrected chi connectivity index (χ2v) is 7.13. The molecule has 1 aliphatic heterocycles. The summed E-state index contributed by atoms with van der Waals surface area (Å²) in [6.45, 7) is 6.57. The Balaban J connectivity index is 0.00000192. The monoisotopic (exact) mass is 492 g/mol. The molecule has 1 heterocycles. The molecule has 1 atom stereocenters. The van der Waals surface area contributed by atoms with Crippen LogP contribution in [-0.2, 0) is 0 Å². The quantitative estimate of drug-likeness (QED) is 0.398. The van der Waals surface area contributed by atoms with Gasteiger partial charge in [-0.25, -0.2) is 0 Å². The van der Waals surface area contributed by atoms with Crippen molar-refractivity contribution in [3.05, 3.63) is 34.3 Å². The second kappa shape index (κ2) is 8.67. The number of hydrogen-bond acceptors (Lipinski definition) is 2. The van der Waals surface area contributed by atoms with Crippen molar-refractivity contribution in [3.8, 4) is 0 Å². The summed E-state index contributed by atoms with van der Waals surface area (Å²) < 4.78 is 1.14. The molecule has 6 heteroatoms. The van der Waals surface area contributed by atoms with Crippen LogP contribution in [0.4, 0.5) is 0 Å². The van der Waals surface area contributed by atoms with Crippen molar-refractivity contribution in [2.75, 3.05) is 33.2 Å². The highest BCUT2D eigenvalue weighted by Gasteiger charge is 2.27. The number of hydrogen-bond donors (Lipinski definition) is 1. The van der Waals surface area contributed by atoms with Crippen LogP contribution < -0.4 is 5.32 Å². The first-order valence-electron chi connectivity index (χ1n) is 8.15. The van der Waals surface area contributed by atoms with Gasteiger partial charge in [0.15, 0.2) is 5.96 Å². The lowest BCUT2D eigenvalue weighted by molar-refractivity contribution is 0.138. The molecule has 0 radical (unpaired) electrons. The topological polar surface area (TPSA) is 30.9 Å². The molecule has 0 amide bonds. The van der Waals surface area contributed by atoms with E-state index >= 15 is 0 Å². The van der Waals surface area contributed by atoms with E-state index in [9.17, 15) is 0 Å². The number of nitrogens with one attached hydrogen (secondary N) is 1. The number of aliphatic imine (C=N–C) groups is 1. The summed E-state index contributed by atoms with van der Waals surface area (Å²) in [6.07, 6.45) is 2.58. The van der Waals surface area contributed by atoms with Crippen LogP contribution in [-0.4, -0.2) is 55.0 Å². The highest BCUT2D eigenvalue weighted by molar-refractivity contribution is 14.0. The molecule has 1 saturated carbocycles. The van der Waals surface area contributed by atoms with Crippen molar-refractivity contribution in [2.24, 2.45) is 4.99 Å². The van der Waals surface area contributed by atoms with Gasteiger partial charge in [0.1, 0.15) is 0 Å². The lowest BCUT2D eigenvalue weighted by atomic mass is 10.1. The third-order valence-electron chi connectivity index (χ3n) is 4.64. The van der Waals surface area contributed by atoms with Crippen molar-refractivity contribution in [1.82, 2.24) is 15.1 Å². The predicted octanol–water partition coefficient (Wildman–Crippen LogP) is 3.48. The number of guanidine groups is 1. The number of nitrogens with zero attached hydrogens (tertiary/aromatic N) is 3. The van der Waals surface area contributed by atoms with E-state index in [4.69, 9.17) is 0 Å². The Morgan fingerprint density at radius 2 is 1.78 bits per heavy atom. The fourth-order valence-electron chi connectivity index (χ4n) is 2.98. The third-order valence-corrected chi connectivity index (χ3v) is 5.16. The predicted molar refractivity (Wildman–Crippen MR) is 111 cm³/mol. The maximum atomic E-state index is 4.44. The lowest BCUT2D eigenvalue weighted by Gasteiger charge is -2.39. The average Bonchev–Trinajstić information content (AvgIpc) is 3.37. The minimum atomic E-state index is 0. The zero-order valence-electron chi connectivity index (χ0n) is 13.8. The standard InChI is InChI=1S/C17H25BrN4.HI/c1-13(14-3-5-15(18)6-4-14)21-9-11-22(12-10-21)17(19-2)20-16-7-8-16;/h3-6,13,16H,7-12H2,1-2H3,(H,19,20);1H. The molecule has 2 aliphatic rings. The molecule has 1 saturated heterocycles. The fraction of sp³-hybridized carbons (Fsp3) is 0.588. The Hall–Kier alpha value is -0.340. The number of benzene rings is 1. The molecule has 1 aromatic rings. The van der Waals surface area contributed by atoms with Crippen molar-refractivity contribution >= 4 is 45.9 Å². The van der Waals surface area contributed by atoms with E-state index in [2.05, 4.69) is 67.2 Å². The van der Waals surface area contributed by atoms with Crippen LogP contribution in [0.3, 0.4) is 0 Å². The van der Waals surface area contributed by atoms with E-state index in [1.807, 2.05) is 7.05 Å². The van der Waals surface area contributed by atoms with Gasteiger partial charge in [0.2, 0.25) is 0 Å². The molecule has 1 unspecified atom stereocenters. The molecular weight excluding hydrogens is 467 g/mol. The van der Waals surface area contributed by atoms with E-state index in [1.54, 1.807) is 0 Å². The van der Waals surface area contributed by atoms with Crippen LogP contribution in [0.25, 0.3) is 0 Å². The summed E-state index contributed by atoms with van der Waals surface area (Å²) in [7, 11) is 1.89. The summed E-state index contributed by atoms with van der Waals surface area (Å²) in [5.74, 6) is 1.08. The molecule has 128 valence electrons. The summed E-state index contributed by atoms with van der Waals surface area (Å²) in [4.78, 5) is 9.39. The van der Waals surface area contributed by atoms with Crippen molar-refractivity contribution < 1.29 is 0 Å². The summed E-state index contributed by atoms with van der Waals surface area (Å²) >= 11 is 3.51. The molecule has 4 nitrogen and oxygen atoms in total. The Labute approximate surface area is 164 Å². The van der Waals surface area contributed by atoms with Crippen LogP contribution in [0.1, 0.15) is 31.4 Å². The van der Waals surface area contributed by atoms with E-state index < -0.39 is 0 Å². The normalized spacial score (nSPS) is 20.8. The molecule has 1 aliphatic carbocycles. The summed E-state index contributed by atoms with van der Waals surface area (Å²) in [5.41, 5.74) is 1.39. The minimum Gasteiger partial charge on any atom is -0.354 e. The highest BCUT2D eigenvalue weighted by Crippen LogP contribution is 2.24. The largest absolute Gasteiger partial charge is 0.354 e. The van der Waals surface area contributed by atoms with Crippen molar-refractivity contribution in [3.63, 3.8) is 0 Å². The maximum Gasteiger partial charge on any atom is 0.193 e. The first kappa shape index (κ1) is 19.0. The van der Waals surface area contributed by atoms with E-state index in [0.717, 1.165) is 36.6 Å². The van der Waals surface area contributed by atoms with Crippen molar-refractivity contribution in [2.45, 2.75) is 31.8 Å². The Kier molecular flexibility index (Phi) is 7.16.